The van der Waals surface area contributed by atoms with Crippen molar-refractivity contribution in [1.82, 2.24) is 10.3 Å². The molecule has 1 aromatic heterocycles. The topological polar surface area (TPSA) is 100 Å². The van der Waals surface area contributed by atoms with E-state index in [2.05, 4.69) is 20.9 Å². The number of thiazole rings is 1. The van der Waals surface area contributed by atoms with Crippen LogP contribution in [0.25, 0.3) is 17.3 Å². The molecule has 0 spiro atoms. The highest BCUT2D eigenvalue weighted by atomic mass is 32.2. The Morgan fingerprint density at radius 2 is 1.56 bits per heavy atom. The highest BCUT2D eigenvalue weighted by Gasteiger charge is 2.18. The van der Waals surface area contributed by atoms with Gasteiger partial charge in [-0.3, -0.25) is 14.4 Å². The number of rotatable bonds is 10. The van der Waals surface area contributed by atoms with E-state index in [1.165, 1.54) is 41.3 Å². The minimum atomic E-state index is -0.621. The van der Waals surface area contributed by atoms with Gasteiger partial charge in [0.1, 0.15) is 11.5 Å². The van der Waals surface area contributed by atoms with E-state index in [4.69, 9.17) is 0 Å². The number of carbonyl (C=O) groups is 3. The third kappa shape index (κ3) is 8.53. The normalized spacial score (nSPS) is 11.8. The molecule has 3 amide bonds. The van der Waals surface area contributed by atoms with Crippen LogP contribution in [-0.2, 0) is 9.59 Å². The number of aromatic nitrogens is 1. The number of halogens is 1. The molecule has 0 saturated heterocycles. The summed E-state index contributed by atoms with van der Waals surface area (Å²) in [7, 11) is 0. The molecule has 1 heterocycles. The zero-order valence-corrected chi connectivity index (χ0v) is 26.0. The largest absolute Gasteiger partial charge is 0.321 e. The number of nitrogens with one attached hydrogen (secondary N) is 3. The highest BCUT2D eigenvalue weighted by molar-refractivity contribution is 8.00. The number of carbonyl (C=O) groups excluding carboxylic acids is 3. The van der Waals surface area contributed by atoms with Gasteiger partial charge in [-0.2, -0.15) is 0 Å². The fourth-order valence-electron chi connectivity index (χ4n) is 4.16. The van der Waals surface area contributed by atoms with E-state index in [9.17, 15) is 18.8 Å². The second-order valence-corrected chi connectivity index (χ2v) is 12.3. The van der Waals surface area contributed by atoms with Crippen LogP contribution in [0.4, 0.5) is 15.2 Å². The number of hydrogen-bond acceptors (Lipinski definition) is 6. The third-order valence-corrected chi connectivity index (χ3v) is 8.48. The molecule has 0 aliphatic carbocycles. The molecule has 226 valence electrons. The number of amides is 3. The van der Waals surface area contributed by atoms with Crippen molar-refractivity contribution in [2.45, 2.75) is 24.0 Å². The standard InChI is InChI=1S/C35H29FN4O3S2/c1-22-12-14-24(15-13-22)31-21-44-35(39-31)40-32(41)23(2)45-28-18-16-27(17-19-28)37-34(43)30(20-26-10-6-7-11-29(26)36)38-33(42)25-8-4-3-5-9-25/h3-21,23H,1-2H3,(H,37,43)(H,38,42)(H,39,40,41)/b30-20-. The first kappa shape index (κ1) is 31.4. The zero-order valence-electron chi connectivity index (χ0n) is 24.4. The minimum Gasteiger partial charge on any atom is -0.321 e. The highest BCUT2D eigenvalue weighted by Crippen LogP contribution is 2.28. The van der Waals surface area contributed by atoms with Crippen molar-refractivity contribution in [2.24, 2.45) is 0 Å². The van der Waals surface area contributed by atoms with Gasteiger partial charge in [-0.1, -0.05) is 66.2 Å². The van der Waals surface area contributed by atoms with Gasteiger partial charge in [0, 0.05) is 32.7 Å². The first-order valence-electron chi connectivity index (χ1n) is 14.0. The Bertz CT molecular complexity index is 1840. The molecule has 3 N–H and O–H groups in total. The summed E-state index contributed by atoms with van der Waals surface area (Å²) in [5.74, 6) is -1.84. The molecular formula is C35H29FN4O3S2. The van der Waals surface area contributed by atoms with E-state index in [1.807, 2.05) is 36.6 Å². The maximum absolute atomic E-state index is 14.4. The summed E-state index contributed by atoms with van der Waals surface area (Å²) in [5.41, 5.74) is 3.80. The van der Waals surface area contributed by atoms with Crippen molar-refractivity contribution in [3.05, 3.63) is 137 Å². The first-order valence-corrected chi connectivity index (χ1v) is 15.8. The number of nitrogens with zero attached hydrogens (tertiary/aromatic N) is 1. The van der Waals surface area contributed by atoms with Gasteiger partial charge < -0.3 is 16.0 Å². The van der Waals surface area contributed by atoms with Gasteiger partial charge in [-0.05, 0) is 62.4 Å². The molecule has 0 saturated carbocycles. The number of benzene rings is 4. The number of thioether (sulfide) groups is 1. The van der Waals surface area contributed by atoms with E-state index in [0.717, 1.165) is 21.7 Å². The van der Waals surface area contributed by atoms with Crippen LogP contribution < -0.4 is 16.0 Å². The molecule has 1 unspecified atom stereocenters. The minimum absolute atomic E-state index is 0.120. The Balaban J connectivity index is 1.21. The lowest BCUT2D eigenvalue weighted by Gasteiger charge is -2.13. The molecule has 4 aromatic carbocycles. The van der Waals surface area contributed by atoms with Crippen LogP contribution >= 0.6 is 23.1 Å². The van der Waals surface area contributed by atoms with Crippen LogP contribution in [0.2, 0.25) is 0 Å². The summed E-state index contributed by atoms with van der Waals surface area (Å²) in [5, 5.41) is 10.3. The summed E-state index contributed by atoms with van der Waals surface area (Å²) >= 11 is 2.73. The molecule has 45 heavy (non-hydrogen) atoms. The Labute approximate surface area is 268 Å². The first-order chi connectivity index (χ1) is 21.7. The summed E-state index contributed by atoms with van der Waals surface area (Å²) in [6, 6.07) is 29.4. The summed E-state index contributed by atoms with van der Waals surface area (Å²) in [6.45, 7) is 3.83. The fraction of sp³-hybridized carbons (Fsp3) is 0.0857. The molecule has 5 rings (SSSR count). The van der Waals surface area contributed by atoms with Gasteiger partial charge in [-0.25, -0.2) is 9.37 Å². The average molecular weight is 637 g/mol. The molecule has 0 aliphatic heterocycles. The van der Waals surface area contributed by atoms with E-state index < -0.39 is 22.9 Å². The van der Waals surface area contributed by atoms with E-state index in [0.29, 0.717) is 16.4 Å². The smallest absolute Gasteiger partial charge is 0.272 e. The van der Waals surface area contributed by atoms with Crippen LogP contribution in [0.1, 0.15) is 28.4 Å². The number of anilines is 2. The SMILES string of the molecule is Cc1ccc(-c2csc(NC(=O)C(C)Sc3ccc(NC(=O)/C(=C/c4ccccc4F)NC(=O)c4ccccc4)cc3)n2)cc1. The van der Waals surface area contributed by atoms with Gasteiger partial charge in [-0.15, -0.1) is 23.1 Å². The molecule has 10 heteroatoms. The van der Waals surface area contributed by atoms with Crippen LogP contribution in [0.3, 0.4) is 0 Å². The second-order valence-electron chi connectivity index (χ2n) is 10.0. The molecule has 1 atom stereocenters. The Morgan fingerprint density at radius 3 is 2.27 bits per heavy atom. The fourth-order valence-corrected chi connectivity index (χ4v) is 5.75. The molecule has 7 nitrogen and oxygen atoms in total. The molecular weight excluding hydrogens is 608 g/mol. The lowest BCUT2D eigenvalue weighted by molar-refractivity contribution is -0.115. The van der Waals surface area contributed by atoms with Gasteiger partial charge in [0.05, 0.1) is 10.9 Å². The average Bonchev–Trinajstić information content (AvgIpc) is 3.51. The maximum atomic E-state index is 14.4. The zero-order chi connectivity index (χ0) is 31.8. The van der Waals surface area contributed by atoms with Crippen LogP contribution in [0.15, 0.2) is 119 Å². The Morgan fingerprint density at radius 1 is 0.867 bits per heavy atom. The Hall–Kier alpha value is -5.06. The van der Waals surface area contributed by atoms with Crippen LogP contribution in [0, 0.1) is 12.7 Å². The summed E-state index contributed by atoms with van der Waals surface area (Å²) in [4.78, 5) is 44.3. The molecule has 5 aromatic rings. The van der Waals surface area contributed by atoms with Crippen molar-refractivity contribution in [3.8, 4) is 11.3 Å². The van der Waals surface area contributed by atoms with Crippen LogP contribution in [0.5, 0.6) is 0 Å². The monoisotopic (exact) mass is 636 g/mol. The lowest BCUT2D eigenvalue weighted by atomic mass is 10.1. The number of aryl methyl sites for hydroxylation is 1. The van der Waals surface area contributed by atoms with Crippen molar-refractivity contribution < 1.29 is 18.8 Å². The quantitative estimate of drug-likeness (QED) is 0.107. The predicted octanol–water partition coefficient (Wildman–Crippen LogP) is 7.79. The van der Waals surface area contributed by atoms with Gasteiger partial charge in [0.25, 0.3) is 11.8 Å². The molecule has 0 fully saturated rings. The third-order valence-electron chi connectivity index (χ3n) is 6.61. The van der Waals surface area contributed by atoms with Gasteiger partial charge in [0.15, 0.2) is 5.13 Å². The Kier molecular flexibility index (Phi) is 10.2. The summed E-state index contributed by atoms with van der Waals surface area (Å²) < 4.78 is 14.4. The van der Waals surface area contributed by atoms with E-state index >= 15 is 0 Å². The lowest BCUT2D eigenvalue weighted by Crippen LogP contribution is -2.30. The van der Waals surface area contributed by atoms with Crippen molar-refractivity contribution >= 4 is 57.7 Å². The molecule has 0 aliphatic rings. The van der Waals surface area contributed by atoms with Gasteiger partial charge >= 0.3 is 0 Å². The van der Waals surface area contributed by atoms with Gasteiger partial charge in [0.2, 0.25) is 5.91 Å². The predicted molar refractivity (Wildman–Crippen MR) is 180 cm³/mol. The van der Waals surface area contributed by atoms with Crippen LogP contribution in [-0.4, -0.2) is 28.0 Å². The summed E-state index contributed by atoms with van der Waals surface area (Å²) in [6.07, 6.45) is 1.29. The molecule has 0 radical (unpaired) electrons. The van der Waals surface area contributed by atoms with Crippen molar-refractivity contribution in [3.63, 3.8) is 0 Å². The van der Waals surface area contributed by atoms with E-state index in [-0.39, 0.29) is 17.2 Å². The molecule has 0 bridgehead atoms. The van der Waals surface area contributed by atoms with Crippen molar-refractivity contribution in [1.29, 1.82) is 0 Å². The number of hydrogen-bond donors (Lipinski definition) is 3. The van der Waals surface area contributed by atoms with Crippen molar-refractivity contribution in [2.75, 3.05) is 10.6 Å². The van der Waals surface area contributed by atoms with E-state index in [1.54, 1.807) is 73.7 Å². The maximum Gasteiger partial charge on any atom is 0.272 e. The second kappa shape index (κ2) is 14.6.